The number of methoxy groups -OCH3 is 1. The molecule has 8 heteroatoms. The Morgan fingerprint density at radius 3 is 2.90 bits per heavy atom. The highest BCUT2D eigenvalue weighted by Gasteiger charge is 2.14. The van der Waals surface area contributed by atoms with E-state index in [0.717, 1.165) is 11.5 Å². The molecule has 1 amide bonds. The lowest BCUT2D eigenvalue weighted by Gasteiger charge is -2.14. The summed E-state index contributed by atoms with van der Waals surface area (Å²) in [5.74, 6) is -0.185. The standard InChI is InChI=1S/C23H21N5O3/c1-4-22(30)25-17-11-18(21(31-3)12-20(17)29)27-23-24-10-9-16(26-23)15-13-28(2)19-8-6-5-7-14(15)19/h4-13,29H,1H2,2-3H3,(H,25,30)(H,24,26,27)/i2D3. The molecule has 2 aromatic carbocycles. The van der Waals surface area contributed by atoms with Crippen molar-refractivity contribution in [2.24, 2.45) is 6.98 Å². The lowest BCUT2D eigenvalue weighted by molar-refractivity contribution is -0.111. The van der Waals surface area contributed by atoms with E-state index in [1.54, 1.807) is 30.6 Å². The van der Waals surface area contributed by atoms with Crippen molar-refractivity contribution in [3.05, 3.63) is 67.5 Å². The van der Waals surface area contributed by atoms with Gasteiger partial charge in [-0.3, -0.25) is 4.79 Å². The third-order valence-corrected chi connectivity index (χ3v) is 4.65. The maximum Gasteiger partial charge on any atom is 0.247 e. The van der Waals surface area contributed by atoms with Gasteiger partial charge >= 0.3 is 0 Å². The van der Waals surface area contributed by atoms with E-state index in [2.05, 4.69) is 27.2 Å². The van der Waals surface area contributed by atoms with Crippen molar-refractivity contribution in [3.63, 3.8) is 0 Å². The lowest BCUT2D eigenvalue weighted by atomic mass is 10.1. The second-order valence-electron chi connectivity index (χ2n) is 6.58. The Morgan fingerprint density at radius 2 is 2.13 bits per heavy atom. The molecule has 0 radical (unpaired) electrons. The number of para-hydroxylation sites is 1. The summed E-state index contributed by atoms with van der Waals surface area (Å²) in [6.07, 6.45) is 4.17. The number of aromatic hydroxyl groups is 1. The fourth-order valence-electron chi connectivity index (χ4n) is 3.19. The van der Waals surface area contributed by atoms with Crippen molar-refractivity contribution in [1.82, 2.24) is 14.5 Å². The zero-order valence-electron chi connectivity index (χ0n) is 19.6. The van der Waals surface area contributed by atoms with Crippen LogP contribution in [0.25, 0.3) is 22.2 Å². The van der Waals surface area contributed by atoms with Crippen LogP contribution in [0.2, 0.25) is 0 Å². The molecule has 0 bridgehead atoms. The molecule has 0 saturated heterocycles. The number of anilines is 3. The number of nitrogens with one attached hydrogen (secondary N) is 2. The molecule has 3 N–H and O–H groups in total. The largest absolute Gasteiger partial charge is 0.506 e. The van der Waals surface area contributed by atoms with Crippen LogP contribution in [-0.4, -0.2) is 32.7 Å². The van der Waals surface area contributed by atoms with Crippen molar-refractivity contribution >= 4 is 34.1 Å². The Balaban J connectivity index is 1.75. The van der Waals surface area contributed by atoms with Crippen LogP contribution in [0, 0.1) is 0 Å². The number of fused-ring (bicyclic) bond motifs is 1. The lowest BCUT2D eigenvalue weighted by Crippen LogP contribution is -2.08. The van der Waals surface area contributed by atoms with E-state index in [1.165, 1.54) is 23.8 Å². The third-order valence-electron chi connectivity index (χ3n) is 4.65. The van der Waals surface area contributed by atoms with Gasteiger partial charge in [0.05, 0.1) is 24.2 Å². The van der Waals surface area contributed by atoms with Gasteiger partial charge in [0.25, 0.3) is 0 Å². The number of aryl methyl sites for hydroxylation is 1. The minimum Gasteiger partial charge on any atom is -0.506 e. The van der Waals surface area contributed by atoms with E-state index in [4.69, 9.17) is 8.85 Å². The average molecular weight is 418 g/mol. The van der Waals surface area contributed by atoms with Gasteiger partial charge in [-0.15, -0.1) is 0 Å². The van der Waals surface area contributed by atoms with Crippen molar-refractivity contribution in [2.45, 2.75) is 0 Å². The quantitative estimate of drug-likeness (QED) is 0.246. The molecule has 4 rings (SSSR count). The van der Waals surface area contributed by atoms with Crippen LogP contribution >= 0.6 is 0 Å². The van der Waals surface area contributed by atoms with Gasteiger partial charge in [0.1, 0.15) is 11.5 Å². The van der Waals surface area contributed by atoms with E-state index in [-0.39, 0.29) is 17.4 Å². The molecule has 0 aliphatic carbocycles. The summed E-state index contributed by atoms with van der Waals surface area (Å²) in [7, 11) is 1.43. The number of phenols is 1. The van der Waals surface area contributed by atoms with E-state index in [9.17, 15) is 9.90 Å². The highest BCUT2D eigenvalue weighted by molar-refractivity contribution is 6.00. The maximum atomic E-state index is 11.7. The van der Waals surface area contributed by atoms with Crippen LogP contribution in [0.3, 0.4) is 0 Å². The van der Waals surface area contributed by atoms with Gasteiger partial charge in [-0.25, -0.2) is 9.97 Å². The van der Waals surface area contributed by atoms with Crippen molar-refractivity contribution in [3.8, 4) is 22.8 Å². The summed E-state index contributed by atoms with van der Waals surface area (Å²) in [5, 5.41) is 16.5. The number of phenolic OH excluding ortho intramolecular Hbond substituents is 1. The van der Waals surface area contributed by atoms with Gasteiger partial charge in [-0.05, 0) is 24.3 Å². The van der Waals surface area contributed by atoms with Gasteiger partial charge in [-0.1, -0.05) is 24.8 Å². The van der Waals surface area contributed by atoms with E-state index < -0.39 is 12.9 Å². The minimum atomic E-state index is -2.35. The first-order valence-corrected chi connectivity index (χ1v) is 9.26. The van der Waals surface area contributed by atoms with E-state index in [1.807, 2.05) is 12.1 Å². The van der Waals surface area contributed by atoms with E-state index in [0.29, 0.717) is 28.2 Å². The summed E-state index contributed by atoms with van der Waals surface area (Å²) in [6, 6.07) is 11.7. The second kappa shape index (κ2) is 8.19. The predicted molar refractivity (Wildman–Crippen MR) is 121 cm³/mol. The van der Waals surface area contributed by atoms with Crippen molar-refractivity contribution in [1.29, 1.82) is 0 Å². The summed E-state index contributed by atoms with van der Waals surface area (Å²) < 4.78 is 30.1. The number of carbonyl (C=O) groups excluding carboxylic acids is 1. The first kappa shape index (κ1) is 16.5. The van der Waals surface area contributed by atoms with Crippen molar-refractivity contribution < 1.29 is 18.8 Å². The molecular weight excluding hydrogens is 394 g/mol. The Bertz CT molecular complexity index is 1400. The van der Waals surface area contributed by atoms with Gasteiger partial charge in [0.15, 0.2) is 0 Å². The molecule has 0 fully saturated rings. The van der Waals surface area contributed by atoms with Crippen LogP contribution in [0.15, 0.2) is 67.5 Å². The Morgan fingerprint density at radius 1 is 1.29 bits per heavy atom. The summed E-state index contributed by atoms with van der Waals surface area (Å²) >= 11 is 0. The second-order valence-corrected chi connectivity index (χ2v) is 6.58. The predicted octanol–water partition coefficient (Wildman–Crippen LogP) is 4.22. The highest BCUT2D eigenvalue weighted by atomic mass is 16.5. The van der Waals surface area contributed by atoms with Crippen LogP contribution < -0.4 is 15.4 Å². The first-order chi connectivity index (χ1) is 16.2. The number of aromatic nitrogens is 3. The maximum absolute atomic E-state index is 11.7. The molecule has 4 aromatic rings. The normalized spacial score (nSPS) is 12.5. The Labute approximate surface area is 183 Å². The van der Waals surface area contributed by atoms with Crippen LogP contribution in [0.5, 0.6) is 11.5 Å². The van der Waals surface area contributed by atoms with Crippen LogP contribution in [0.4, 0.5) is 17.3 Å². The minimum absolute atomic E-state index is 0.144. The zero-order valence-corrected chi connectivity index (χ0v) is 16.6. The number of hydrogen-bond donors (Lipinski definition) is 3. The molecule has 8 nitrogen and oxygen atoms in total. The summed E-state index contributed by atoms with van der Waals surface area (Å²) in [5.41, 5.74) is 2.24. The van der Waals surface area contributed by atoms with Gasteiger partial charge in [-0.2, -0.15) is 0 Å². The van der Waals surface area contributed by atoms with Gasteiger partial charge < -0.3 is 25.0 Å². The molecule has 156 valence electrons. The number of ether oxygens (including phenoxy) is 1. The third kappa shape index (κ3) is 3.91. The Hall–Kier alpha value is -4.33. The molecule has 31 heavy (non-hydrogen) atoms. The number of nitrogens with zero attached hydrogens (tertiary/aromatic N) is 3. The number of hydrogen-bond acceptors (Lipinski definition) is 6. The summed E-state index contributed by atoms with van der Waals surface area (Å²) in [6.45, 7) is 1.05. The highest BCUT2D eigenvalue weighted by Crippen LogP contribution is 2.37. The zero-order chi connectivity index (χ0) is 24.5. The number of amides is 1. The van der Waals surface area contributed by atoms with E-state index >= 15 is 0 Å². The number of rotatable bonds is 6. The van der Waals surface area contributed by atoms with Gasteiger partial charge in [0, 0.05) is 46.0 Å². The average Bonchev–Trinajstić information content (AvgIpc) is 3.21. The summed E-state index contributed by atoms with van der Waals surface area (Å²) in [4.78, 5) is 20.5. The fraction of sp³-hybridized carbons (Fsp3) is 0.0870. The molecule has 2 aromatic heterocycles. The number of carbonyl (C=O) groups is 1. The number of benzene rings is 2. The van der Waals surface area contributed by atoms with Crippen LogP contribution in [0.1, 0.15) is 4.11 Å². The monoisotopic (exact) mass is 418 g/mol. The SMILES string of the molecule is [2H]C([2H])([2H])n1cc(-c2ccnc(Nc3cc(NC(=O)C=C)c(O)cc3OC)n2)c2ccccc21. The molecule has 0 saturated carbocycles. The fourth-order valence-corrected chi connectivity index (χ4v) is 3.19. The molecular formula is C23H21N5O3. The van der Waals surface area contributed by atoms with Crippen molar-refractivity contribution in [2.75, 3.05) is 17.7 Å². The van der Waals surface area contributed by atoms with Gasteiger partial charge in [0.2, 0.25) is 11.9 Å². The topological polar surface area (TPSA) is 101 Å². The molecule has 2 heterocycles. The van der Waals surface area contributed by atoms with Crippen LogP contribution in [-0.2, 0) is 11.8 Å². The molecule has 0 atom stereocenters. The molecule has 0 aliphatic heterocycles. The first-order valence-electron chi connectivity index (χ1n) is 10.8. The smallest absolute Gasteiger partial charge is 0.247 e. The Kier molecular flexibility index (Phi) is 4.35. The molecule has 0 unspecified atom stereocenters. The molecule has 0 aliphatic rings. The molecule has 0 spiro atoms.